The Labute approximate surface area is 348 Å². The molecule has 9 rings (SSSR count). The van der Waals surface area contributed by atoms with Gasteiger partial charge in [-0.2, -0.15) is 0 Å². The van der Waals surface area contributed by atoms with Gasteiger partial charge in [0.15, 0.2) is 0 Å². The van der Waals surface area contributed by atoms with E-state index in [-0.39, 0.29) is 25.7 Å². The Kier molecular flexibility index (Phi) is 10.3. The fourth-order valence-electron chi connectivity index (χ4n) is 6.83. The van der Waals surface area contributed by atoms with Gasteiger partial charge in [-0.1, -0.05) is 12.1 Å². The third-order valence-corrected chi connectivity index (χ3v) is 14.7. The molecule has 3 aromatic heterocycles. The van der Waals surface area contributed by atoms with Crippen molar-refractivity contribution in [2.24, 2.45) is 0 Å². The monoisotopic (exact) mass is 973 g/mol. The second kappa shape index (κ2) is 16.4. The van der Waals surface area contributed by atoms with Crippen molar-refractivity contribution in [2.45, 2.75) is 31.0 Å². The van der Waals surface area contributed by atoms with Crippen molar-refractivity contribution in [3.8, 4) is 50.6 Å². The molecule has 1 radical (unpaired) electrons. The van der Waals surface area contributed by atoms with E-state index < -0.39 is 20.1 Å². The summed E-state index contributed by atoms with van der Waals surface area (Å²) in [7, 11) is 0. The number of nitrogens with zero attached hydrogens (tertiary/aromatic N) is 3. The molecule has 0 unspecified atom stereocenters. The maximum Gasteiger partial charge on any atom is 0.0280 e. The van der Waals surface area contributed by atoms with Crippen LogP contribution in [0.4, 0.5) is 0 Å². The third-order valence-electron chi connectivity index (χ3n) is 9.56. The number of aromatic nitrogens is 3. The maximum atomic E-state index is 7.23. The quantitative estimate of drug-likeness (QED) is 0.123. The average molecular weight is 972 g/mol. The predicted octanol–water partition coefficient (Wildman–Crippen LogP) is 12.7. The Balaban J connectivity index is 0.000000254. The summed E-state index contributed by atoms with van der Waals surface area (Å²) < 4.78 is 26.8. The van der Waals surface area contributed by atoms with E-state index in [9.17, 15) is 0 Å². The molecule has 3 heterocycles. The molecular formula is C49H41GeIrN3S-2. The van der Waals surface area contributed by atoms with Crippen LogP contribution in [0.15, 0.2) is 158 Å². The largest absolute Gasteiger partial charge is 0.304 e. The van der Waals surface area contributed by atoms with Gasteiger partial charge in [0.05, 0.1) is 0 Å². The minimum absolute atomic E-state index is 0. The van der Waals surface area contributed by atoms with E-state index in [1.807, 2.05) is 18.2 Å². The summed E-state index contributed by atoms with van der Waals surface area (Å²) >= 11 is -0.362. The van der Waals surface area contributed by atoms with Gasteiger partial charge in [0.25, 0.3) is 0 Å². The van der Waals surface area contributed by atoms with Crippen molar-refractivity contribution in [2.75, 3.05) is 0 Å². The fraction of sp³-hybridized carbons (Fsp3) is 0.102. The summed E-state index contributed by atoms with van der Waals surface area (Å²) in [5, 5.41) is 4.94. The number of rotatable bonds is 6. The van der Waals surface area contributed by atoms with Crippen LogP contribution in [-0.4, -0.2) is 27.8 Å². The topological polar surface area (TPSA) is 30.7 Å². The SMILES string of the molecule is Cc1cc(-c2ccccc2)c(-n2c(-c3[c-]sc4cc[c]([Ge]([CH3])([CH3])[CH3])cc34)nc3ccccc32)c(-c2ccccc2)c1.[2H]C([2H])([2H])c1ccc(-c2[c-]cccc2)nc1.[Ir]. The first-order valence-electron chi connectivity index (χ1n) is 19.6. The van der Waals surface area contributed by atoms with Crippen LogP contribution in [0.1, 0.15) is 15.2 Å². The molecule has 55 heavy (non-hydrogen) atoms. The summed E-state index contributed by atoms with van der Waals surface area (Å²) in [6.07, 6.45) is 1.39. The zero-order valence-corrected chi connectivity index (χ0v) is 36.4. The molecule has 0 saturated heterocycles. The average Bonchev–Trinajstić information content (AvgIpc) is 3.82. The van der Waals surface area contributed by atoms with E-state index in [1.165, 1.54) is 48.5 Å². The molecule has 0 N–H and O–H groups in total. The molecule has 9 aromatic rings. The Morgan fingerprint density at radius 2 is 1.38 bits per heavy atom. The first-order chi connectivity index (χ1) is 27.5. The van der Waals surface area contributed by atoms with E-state index in [4.69, 9.17) is 9.10 Å². The molecule has 0 saturated carbocycles. The molecule has 0 bridgehead atoms. The van der Waals surface area contributed by atoms with E-state index in [1.54, 1.807) is 29.5 Å². The number of benzene rings is 6. The van der Waals surface area contributed by atoms with Crippen molar-refractivity contribution < 1.29 is 24.2 Å². The van der Waals surface area contributed by atoms with E-state index in [0.717, 1.165) is 39.4 Å². The molecular weight excluding hydrogens is 927 g/mol. The van der Waals surface area contributed by atoms with Crippen LogP contribution in [0.3, 0.4) is 0 Å². The summed E-state index contributed by atoms with van der Waals surface area (Å²) in [5.74, 6) is 8.30. The van der Waals surface area contributed by atoms with Crippen LogP contribution in [0.2, 0.25) is 17.3 Å². The van der Waals surface area contributed by atoms with Crippen molar-refractivity contribution in [3.63, 3.8) is 0 Å². The Morgan fingerprint density at radius 3 is 2.00 bits per heavy atom. The summed E-state index contributed by atoms with van der Waals surface area (Å²) in [6.45, 7) is 0.0982. The van der Waals surface area contributed by atoms with Gasteiger partial charge in [0, 0.05) is 30.4 Å². The smallest absolute Gasteiger partial charge is 0.0280 e. The summed E-state index contributed by atoms with van der Waals surface area (Å²) in [4.78, 5) is 9.44. The first-order valence-corrected chi connectivity index (χ1v) is 26.2. The molecule has 0 aliphatic heterocycles. The minimum atomic E-state index is -2.09. The zero-order chi connectivity index (χ0) is 39.7. The second-order valence-corrected chi connectivity index (χ2v) is 25.9. The minimum Gasteiger partial charge on any atom is -0.304 e. The number of thiophene rings is 1. The molecule has 6 aromatic carbocycles. The number of hydrogen-bond acceptors (Lipinski definition) is 3. The predicted molar refractivity (Wildman–Crippen MR) is 233 cm³/mol. The van der Waals surface area contributed by atoms with Crippen molar-refractivity contribution in [3.05, 3.63) is 180 Å². The Morgan fingerprint density at radius 1 is 0.709 bits per heavy atom. The standard InChI is InChI=1S/C37H31GeN2S.C12H10N.Ir/c1-25-21-29(26-13-7-5-8-14-26)36(30(22-25)27-15-9-6-10-16-27)40-34-18-12-11-17-33(34)39-37(40)32-24-41-35-20-19-28(23-31(32)35)38(2,3)4;1-10-7-8-12(13-9-10)11-5-3-2-4-6-11;/h5-23H,1-4H3;2-5,7-9H,1H3;/q2*-1;/i;1D3;. The van der Waals surface area contributed by atoms with Crippen LogP contribution >= 0.6 is 11.3 Å². The molecule has 0 atom stereocenters. The van der Waals surface area contributed by atoms with Crippen molar-refractivity contribution in [1.29, 1.82) is 0 Å². The van der Waals surface area contributed by atoms with Gasteiger partial charge in [-0.3, -0.25) is 0 Å². The number of pyridine rings is 1. The van der Waals surface area contributed by atoms with E-state index in [0.29, 0.717) is 0 Å². The Bertz CT molecular complexity index is 2750. The molecule has 0 amide bonds. The molecule has 0 spiro atoms. The van der Waals surface area contributed by atoms with Crippen LogP contribution in [0.5, 0.6) is 0 Å². The van der Waals surface area contributed by atoms with Gasteiger partial charge < -0.3 is 4.98 Å². The number of imidazole rings is 1. The maximum absolute atomic E-state index is 7.23. The summed E-state index contributed by atoms with van der Waals surface area (Å²) in [6, 6.07) is 55.4. The van der Waals surface area contributed by atoms with Gasteiger partial charge >= 0.3 is 249 Å². The van der Waals surface area contributed by atoms with Crippen LogP contribution in [0.25, 0.3) is 71.7 Å². The normalized spacial score (nSPS) is 12.3. The number of aryl methyl sites for hydroxylation is 2. The van der Waals surface area contributed by atoms with Gasteiger partial charge in [-0.15, -0.1) is 35.9 Å². The third kappa shape index (κ3) is 8.08. The molecule has 0 aliphatic rings. The number of para-hydroxylation sites is 2. The molecule has 273 valence electrons. The van der Waals surface area contributed by atoms with Gasteiger partial charge in [0.2, 0.25) is 0 Å². The molecule has 0 fully saturated rings. The second-order valence-electron chi connectivity index (χ2n) is 14.4. The van der Waals surface area contributed by atoms with E-state index >= 15 is 0 Å². The van der Waals surface area contributed by atoms with Gasteiger partial charge in [-0.05, 0) is 18.1 Å². The molecule has 0 aliphatic carbocycles. The van der Waals surface area contributed by atoms with Crippen LogP contribution in [-0.2, 0) is 20.1 Å². The van der Waals surface area contributed by atoms with Gasteiger partial charge in [-0.25, -0.2) is 0 Å². The van der Waals surface area contributed by atoms with Crippen LogP contribution in [0, 0.1) is 25.2 Å². The fourth-order valence-corrected chi connectivity index (χ4v) is 10.1. The van der Waals surface area contributed by atoms with Gasteiger partial charge in [0.1, 0.15) is 0 Å². The zero-order valence-electron chi connectivity index (χ0n) is 34.1. The number of hydrogen-bond donors (Lipinski definition) is 0. The van der Waals surface area contributed by atoms with Crippen molar-refractivity contribution in [1.82, 2.24) is 14.5 Å². The number of fused-ring (bicyclic) bond motifs is 2. The van der Waals surface area contributed by atoms with Crippen molar-refractivity contribution >= 4 is 50.1 Å². The van der Waals surface area contributed by atoms with E-state index in [2.05, 4.69) is 160 Å². The Hall–Kier alpha value is -4.91. The molecule has 3 nitrogen and oxygen atoms in total. The molecule has 6 heteroatoms. The first kappa shape index (κ1) is 34.6. The summed E-state index contributed by atoms with van der Waals surface area (Å²) in [5.41, 5.74) is 12.1. The van der Waals surface area contributed by atoms with Crippen LogP contribution < -0.4 is 4.40 Å².